The van der Waals surface area contributed by atoms with Crippen molar-refractivity contribution >= 4 is 56.9 Å². The third-order valence-electron chi connectivity index (χ3n) is 6.89. The van der Waals surface area contributed by atoms with E-state index in [1.54, 1.807) is 0 Å². The molecule has 0 saturated heterocycles. The van der Waals surface area contributed by atoms with Crippen LogP contribution in [-0.4, -0.2) is 34.4 Å². The third-order valence-corrected chi connectivity index (χ3v) is 8.02. The van der Waals surface area contributed by atoms with Crippen molar-refractivity contribution in [3.8, 4) is 0 Å². The zero-order chi connectivity index (χ0) is 27.2. The number of nitrogen functional groups attached to an aromatic ring is 1. The van der Waals surface area contributed by atoms with Crippen LogP contribution in [-0.2, 0) is 11.3 Å². The molecule has 0 unspecified atom stereocenters. The Labute approximate surface area is 229 Å². The van der Waals surface area contributed by atoms with E-state index < -0.39 is 0 Å². The first-order valence-electron chi connectivity index (χ1n) is 13.5. The molecule has 2 heterocycles. The van der Waals surface area contributed by atoms with Gasteiger partial charge >= 0.3 is 0 Å². The summed E-state index contributed by atoms with van der Waals surface area (Å²) in [7, 11) is 0. The standard InChI is InChI=1S/C30H39N5O2S/c1-6-21-10-8-11-22(16-21)27-12-13-28(38-27)29(36)34-30-33-25-17-23(31)24(32-20(5)19(3)4)18-26(25)35(30)14-9-15-37-7-2/h11-13,16-19H,6-10,14-15,31H2,1-5H3,(H,33,34,36). The second-order valence-corrected chi connectivity index (χ2v) is 11.0. The first-order valence-corrected chi connectivity index (χ1v) is 14.4. The third kappa shape index (κ3) is 6.42. The van der Waals surface area contributed by atoms with Crippen LogP contribution in [0.25, 0.3) is 16.6 Å². The van der Waals surface area contributed by atoms with Crippen LogP contribution in [0.5, 0.6) is 0 Å². The van der Waals surface area contributed by atoms with Gasteiger partial charge in [0.15, 0.2) is 0 Å². The Bertz CT molecular complexity index is 1390. The van der Waals surface area contributed by atoms with Gasteiger partial charge in [-0.25, -0.2) is 4.98 Å². The molecule has 1 aliphatic carbocycles. The molecule has 3 N–H and O–H groups in total. The maximum atomic E-state index is 13.3. The number of hydrogen-bond donors (Lipinski definition) is 2. The number of benzene rings is 1. The van der Waals surface area contributed by atoms with Crippen molar-refractivity contribution in [2.75, 3.05) is 24.3 Å². The molecule has 8 heteroatoms. The van der Waals surface area contributed by atoms with Crippen molar-refractivity contribution in [3.63, 3.8) is 0 Å². The van der Waals surface area contributed by atoms with Crippen molar-refractivity contribution in [1.29, 1.82) is 0 Å². The van der Waals surface area contributed by atoms with E-state index in [4.69, 9.17) is 20.4 Å². The molecule has 1 aliphatic rings. The minimum absolute atomic E-state index is 0.166. The maximum absolute atomic E-state index is 13.3. The van der Waals surface area contributed by atoms with Crippen LogP contribution >= 0.6 is 11.3 Å². The molecule has 0 saturated carbocycles. The van der Waals surface area contributed by atoms with E-state index in [0.717, 1.165) is 53.0 Å². The van der Waals surface area contributed by atoms with Gasteiger partial charge in [0.05, 0.1) is 27.3 Å². The number of nitrogens with zero attached hydrogens (tertiary/aromatic N) is 3. The highest BCUT2D eigenvalue weighted by Gasteiger charge is 2.18. The first kappa shape index (κ1) is 27.8. The fraction of sp³-hybridized carbons (Fsp3) is 0.433. The Balaban J connectivity index is 1.64. The van der Waals surface area contributed by atoms with Crippen molar-refractivity contribution in [2.45, 2.75) is 66.8 Å². The van der Waals surface area contributed by atoms with Gasteiger partial charge in [0.1, 0.15) is 0 Å². The van der Waals surface area contributed by atoms with Gasteiger partial charge in [-0.3, -0.25) is 15.1 Å². The Morgan fingerprint density at radius 2 is 2.11 bits per heavy atom. The van der Waals surface area contributed by atoms with E-state index in [9.17, 15) is 4.79 Å². The van der Waals surface area contributed by atoms with Crippen molar-refractivity contribution in [3.05, 3.63) is 51.7 Å². The fourth-order valence-corrected chi connectivity index (χ4v) is 5.29. The molecule has 0 bridgehead atoms. The fourth-order valence-electron chi connectivity index (χ4n) is 4.38. The topological polar surface area (TPSA) is 94.5 Å². The van der Waals surface area contributed by atoms with E-state index in [1.165, 1.54) is 22.5 Å². The number of aryl methyl sites for hydroxylation is 1. The molecule has 1 amide bonds. The number of hydrogen-bond acceptors (Lipinski definition) is 6. The van der Waals surface area contributed by atoms with E-state index in [-0.39, 0.29) is 5.91 Å². The first-order chi connectivity index (χ1) is 18.3. The lowest BCUT2D eigenvalue weighted by Gasteiger charge is -2.11. The zero-order valence-electron chi connectivity index (χ0n) is 23.1. The number of allylic oxidation sites excluding steroid dienone is 4. The summed E-state index contributed by atoms with van der Waals surface area (Å²) in [4.78, 5) is 24.6. The molecule has 0 atom stereocenters. The summed E-state index contributed by atoms with van der Waals surface area (Å²) in [6, 6.07) is 7.74. The Hall–Kier alpha value is -3.23. The van der Waals surface area contributed by atoms with E-state index >= 15 is 0 Å². The highest BCUT2D eigenvalue weighted by molar-refractivity contribution is 7.15. The molecule has 202 valence electrons. The monoisotopic (exact) mass is 533 g/mol. The summed E-state index contributed by atoms with van der Waals surface area (Å²) in [5.74, 6) is 0.656. The number of nitrogens with two attached hydrogens (primary N) is 1. The lowest BCUT2D eigenvalue weighted by atomic mass is 9.97. The molecule has 0 fully saturated rings. The molecule has 4 rings (SSSR count). The van der Waals surface area contributed by atoms with E-state index in [0.29, 0.717) is 42.2 Å². The van der Waals surface area contributed by atoms with Gasteiger partial charge in [0, 0.05) is 30.3 Å². The number of amides is 1. The summed E-state index contributed by atoms with van der Waals surface area (Å²) in [5.41, 5.74) is 12.9. The molecule has 0 radical (unpaired) electrons. The Morgan fingerprint density at radius 3 is 2.84 bits per heavy atom. The molecular formula is C30H39N5O2S. The molecular weight excluding hydrogens is 494 g/mol. The van der Waals surface area contributed by atoms with Crippen LogP contribution in [0.3, 0.4) is 0 Å². The highest BCUT2D eigenvalue weighted by Crippen LogP contribution is 2.33. The highest BCUT2D eigenvalue weighted by atomic mass is 32.1. The van der Waals surface area contributed by atoms with Gasteiger partial charge < -0.3 is 15.0 Å². The van der Waals surface area contributed by atoms with Crippen molar-refractivity contribution < 1.29 is 9.53 Å². The molecule has 1 aromatic carbocycles. The summed E-state index contributed by atoms with van der Waals surface area (Å²) in [6.07, 6.45) is 8.54. The number of aromatic nitrogens is 2. The number of carbonyl (C=O) groups excluding carboxylic acids is 1. The minimum Gasteiger partial charge on any atom is -0.397 e. The van der Waals surface area contributed by atoms with Gasteiger partial charge in [-0.05, 0) is 75.3 Å². The maximum Gasteiger partial charge on any atom is 0.268 e. The summed E-state index contributed by atoms with van der Waals surface area (Å²) >= 11 is 1.51. The number of anilines is 2. The predicted octanol–water partition coefficient (Wildman–Crippen LogP) is 7.62. The number of rotatable bonds is 11. The lowest BCUT2D eigenvalue weighted by Crippen LogP contribution is -2.15. The van der Waals surface area contributed by atoms with Crippen molar-refractivity contribution in [1.82, 2.24) is 9.55 Å². The van der Waals surface area contributed by atoms with Crippen LogP contribution in [0.2, 0.25) is 0 Å². The number of nitrogens with one attached hydrogen (secondary N) is 1. The molecule has 2 aromatic heterocycles. The number of ether oxygens (including phenoxy) is 1. The molecule has 3 aromatic rings. The Kier molecular flexibility index (Phi) is 9.17. The number of carbonyl (C=O) groups is 1. The van der Waals surface area contributed by atoms with Gasteiger partial charge in [0.25, 0.3) is 5.91 Å². The minimum atomic E-state index is -0.166. The normalized spacial score (nSPS) is 14.2. The largest absolute Gasteiger partial charge is 0.397 e. The zero-order valence-corrected chi connectivity index (χ0v) is 24.0. The number of imidazole rings is 1. The summed E-state index contributed by atoms with van der Waals surface area (Å²) < 4.78 is 7.59. The van der Waals surface area contributed by atoms with E-state index in [1.807, 2.05) is 42.7 Å². The second-order valence-electron chi connectivity index (χ2n) is 9.92. The average Bonchev–Trinajstić information content (AvgIpc) is 3.52. The molecule has 7 nitrogen and oxygen atoms in total. The SMILES string of the molecule is CCOCCCn1c(NC(=O)c2ccc(C3=CCCC(CC)=C3)s2)nc2cc(N)c(N=C(C)C(C)C)cc21. The number of fused-ring (bicyclic) bond motifs is 1. The summed E-state index contributed by atoms with van der Waals surface area (Å²) in [5, 5.41) is 3.06. The predicted molar refractivity (Wildman–Crippen MR) is 161 cm³/mol. The lowest BCUT2D eigenvalue weighted by molar-refractivity contribution is 0.102. The Morgan fingerprint density at radius 1 is 1.29 bits per heavy atom. The van der Waals surface area contributed by atoms with Gasteiger partial charge in [0.2, 0.25) is 5.95 Å². The van der Waals surface area contributed by atoms with Gasteiger partial charge in [-0.15, -0.1) is 11.3 Å². The summed E-state index contributed by atoms with van der Waals surface area (Å²) in [6.45, 7) is 12.4. The quantitative estimate of drug-likeness (QED) is 0.151. The van der Waals surface area contributed by atoms with E-state index in [2.05, 4.69) is 38.2 Å². The van der Waals surface area contributed by atoms with Crippen LogP contribution in [0.4, 0.5) is 17.3 Å². The average molecular weight is 534 g/mol. The van der Waals surface area contributed by atoms with Crippen LogP contribution in [0.1, 0.15) is 74.9 Å². The van der Waals surface area contributed by atoms with Crippen LogP contribution in [0, 0.1) is 5.92 Å². The van der Waals surface area contributed by atoms with Crippen LogP contribution < -0.4 is 11.1 Å². The second kappa shape index (κ2) is 12.5. The van der Waals surface area contributed by atoms with Gasteiger partial charge in [-0.2, -0.15) is 0 Å². The number of aliphatic imine (C=N–C) groups is 1. The molecule has 38 heavy (non-hydrogen) atoms. The van der Waals surface area contributed by atoms with Crippen LogP contribution in [0.15, 0.2) is 47.0 Å². The smallest absolute Gasteiger partial charge is 0.268 e. The molecule has 0 aliphatic heterocycles. The van der Waals surface area contributed by atoms with Gasteiger partial charge in [-0.1, -0.05) is 38.5 Å². The number of thiophene rings is 1. The molecule has 0 spiro atoms. The van der Waals surface area contributed by atoms with Crippen molar-refractivity contribution in [2.24, 2.45) is 10.9 Å².